The first-order valence-electron chi connectivity index (χ1n) is 6.39. The zero-order valence-corrected chi connectivity index (χ0v) is 12.0. The number of carbonyl (C=O) groups excluding carboxylic acids is 1. The third kappa shape index (κ3) is 4.00. The van der Waals surface area contributed by atoms with Crippen molar-refractivity contribution in [3.63, 3.8) is 0 Å². The first kappa shape index (κ1) is 14.4. The van der Waals surface area contributed by atoms with E-state index in [0.29, 0.717) is 23.7 Å². The Balaban J connectivity index is 1.78. The minimum absolute atomic E-state index is 0.0953. The SMILES string of the molecule is Cc1cc(Cl)ccc1OCCNC(=O)c1ccccc1. The molecule has 0 bridgehead atoms. The maximum Gasteiger partial charge on any atom is 0.251 e. The van der Waals surface area contributed by atoms with Gasteiger partial charge in [0, 0.05) is 10.6 Å². The van der Waals surface area contributed by atoms with Crippen molar-refractivity contribution in [3.05, 3.63) is 64.7 Å². The monoisotopic (exact) mass is 289 g/mol. The molecule has 0 heterocycles. The second-order valence-corrected chi connectivity index (χ2v) is 4.82. The van der Waals surface area contributed by atoms with Gasteiger partial charge >= 0.3 is 0 Å². The van der Waals surface area contributed by atoms with Crippen molar-refractivity contribution in [1.82, 2.24) is 5.32 Å². The molecule has 2 aromatic carbocycles. The normalized spacial score (nSPS) is 10.1. The number of nitrogens with one attached hydrogen (secondary N) is 1. The van der Waals surface area contributed by atoms with Crippen LogP contribution in [-0.2, 0) is 0 Å². The van der Waals surface area contributed by atoms with Gasteiger partial charge in [-0.1, -0.05) is 29.8 Å². The summed E-state index contributed by atoms with van der Waals surface area (Å²) in [6.45, 7) is 2.81. The second-order valence-electron chi connectivity index (χ2n) is 4.38. The first-order valence-corrected chi connectivity index (χ1v) is 6.77. The summed E-state index contributed by atoms with van der Waals surface area (Å²) in [5.41, 5.74) is 1.63. The van der Waals surface area contributed by atoms with E-state index in [1.54, 1.807) is 18.2 Å². The van der Waals surface area contributed by atoms with Crippen LogP contribution in [0.25, 0.3) is 0 Å². The average Bonchev–Trinajstić information content (AvgIpc) is 2.46. The molecule has 0 saturated carbocycles. The minimum Gasteiger partial charge on any atom is -0.491 e. The van der Waals surface area contributed by atoms with Crippen molar-refractivity contribution in [1.29, 1.82) is 0 Å². The molecular weight excluding hydrogens is 274 g/mol. The smallest absolute Gasteiger partial charge is 0.251 e. The lowest BCUT2D eigenvalue weighted by Gasteiger charge is -2.10. The number of hydrogen-bond donors (Lipinski definition) is 1. The van der Waals surface area contributed by atoms with Crippen LogP contribution in [0.4, 0.5) is 0 Å². The van der Waals surface area contributed by atoms with Crippen LogP contribution in [0.1, 0.15) is 15.9 Å². The maximum atomic E-state index is 11.8. The molecule has 20 heavy (non-hydrogen) atoms. The molecule has 0 saturated heterocycles. The molecule has 0 radical (unpaired) electrons. The molecule has 3 nitrogen and oxygen atoms in total. The van der Waals surface area contributed by atoms with Gasteiger partial charge < -0.3 is 10.1 Å². The molecule has 0 aliphatic rings. The van der Waals surface area contributed by atoms with Gasteiger partial charge in [-0.2, -0.15) is 0 Å². The molecule has 0 aliphatic heterocycles. The maximum absolute atomic E-state index is 11.8. The minimum atomic E-state index is -0.0953. The number of carbonyl (C=O) groups is 1. The van der Waals surface area contributed by atoms with Crippen LogP contribution in [0.5, 0.6) is 5.75 Å². The quantitative estimate of drug-likeness (QED) is 0.856. The Hall–Kier alpha value is -2.00. The van der Waals surface area contributed by atoms with Crippen molar-refractivity contribution in [2.24, 2.45) is 0 Å². The molecule has 1 amide bonds. The fraction of sp³-hybridized carbons (Fsp3) is 0.188. The Bertz CT molecular complexity index is 584. The molecular formula is C16H16ClNO2. The lowest BCUT2D eigenvalue weighted by molar-refractivity contribution is 0.0947. The molecule has 0 spiro atoms. The van der Waals surface area contributed by atoms with E-state index in [1.165, 1.54) is 0 Å². The highest BCUT2D eigenvalue weighted by atomic mass is 35.5. The summed E-state index contributed by atoms with van der Waals surface area (Å²) >= 11 is 5.88. The third-order valence-electron chi connectivity index (χ3n) is 2.82. The summed E-state index contributed by atoms with van der Waals surface area (Å²) in [6.07, 6.45) is 0. The van der Waals surface area contributed by atoms with Crippen molar-refractivity contribution in [2.75, 3.05) is 13.2 Å². The summed E-state index contributed by atoms with van der Waals surface area (Å²) < 4.78 is 5.60. The van der Waals surface area contributed by atoms with E-state index in [1.807, 2.05) is 37.3 Å². The van der Waals surface area contributed by atoms with Gasteiger partial charge in [-0.05, 0) is 42.8 Å². The van der Waals surface area contributed by atoms with Crippen LogP contribution in [0.3, 0.4) is 0 Å². The second kappa shape index (κ2) is 6.96. The van der Waals surface area contributed by atoms with Crippen LogP contribution in [0, 0.1) is 6.92 Å². The number of benzene rings is 2. The molecule has 0 fully saturated rings. The summed E-state index contributed by atoms with van der Waals surface area (Å²) in [5, 5.41) is 3.50. The number of halogens is 1. The van der Waals surface area contributed by atoms with Gasteiger partial charge in [0.1, 0.15) is 12.4 Å². The van der Waals surface area contributed by atoms with Crippen molar-refractivity contribution >= 4 is 17.5 Å². The zero-order valence-electron chi connectivity index (χ0n) is 11.2. The van der Waals surface area contributed by atoms with E-state index in [2.05, 4.69) is 5.32 Å². The predicted molar refractivity (Wildman–Crippen MR) is 80.5 cm³/mol. The fourth-order valence-corrected chi connectivity index (χ4v) is 2.02. The Morgan fingerprint density at radius 3 is 2.65 bits per heavy atom. The highest BCUT2D eigenvalue weighted by Gasteiger charge is 2.04. The van der Waals surface area contributed by atoms with E-state index in [4.69, 9.17) is 16.3 Å². The summed E-state index contributed by atoms with van der Waals surface area (Å²) in [4.78, 5) is 11.8. The largest absolute Gasteiger partial charge is 0.491 e. The number of amides is 1. The number of ether oxygens (including phenoxy) is 1. The average molecular weight is 290 g/mol. The standard InChI is InChI=1S/C16H16ClNO2/c1-12-11-14(17)7-8-15(12)20-10-9-18-16(19)13-5-3-2-4-6-13/h2-8,11H,9-10H2,1H3,(H,18,19). The van der Waals surface area contributed by atoms with Gasteiger partial charge in [-0.25, -0.2) is 0 Å². The van der Waals surface area contributed by atoms with Crippen molar-refractivity contribution in [3.8, 4) is 5.75 Å². The van der Waals surface area contributed by atoms with E-state index in [-0.39, 0.29) is 5.91 Å². The van der Waals surface area contributed by atoms with E-state index in [9.17, 15) is 4.79 Å². The highest BCUT2D eigenvalue weighted by Crippen LogP contribution is 2.21. The van der Waals surface area contributed by atoms with Gasteiger partial charge in [0.25, 0.3) is 5.91 Å². The predicted octanol–water partition coefficient (Wildman–Crippen LogP) is 3.46. The summed E-state index contributed by atoms with van der Waals surface area (Å²) in [7, 11) is 0. The lowest BCUT2D eigenvalue weighted by atomic mass is 10.2. The van der Waals surface area contributed by atoms with Gasteiger partial charge in [-0.3, -0.25) is 4.79 Å². The lowest BCUT2D eigenvalue weighted by Crippen LogP contribution is -2.28. The highest BCUT2D eigenvalue weighted by molar-refractivity contribution is 6.30. The van der Waals surface area contributed by atoms with Gasteiger partial charge in [0.05, 0.1) is 6.54 Å². The van der Waals surface area contributed by atoms with Gasteiger partial charge in [-0.15, -0.1) is 0 Å². The molecule has 2 rings (SSSR count). The van der Waals surface area contributed by atoms with Crippen molar-refractivity contribution in [2.45, 2.75) is 6.92 Å². The Morgan fingerprint density at radius 1 is 1.20 bits per heavy atom. The third-order valence-corrected chi connectivity index (χ3v) is 3.05. The van der Waals surface area contributed by atoms with Crippen LogP contribution in [-0.4, -0.2) is 19.1 Å². The summed E-state index contributed by atoms with van der Waals surface area (Å²) in [6, 6.07) is 14.6. The first-order chi connectivity index (χ1) is 9.66. The Labute approximate surface area is 123 Å². The van der Waals surface area contributed by atoms with Crippen molar-refractivity contribution < 1.29 is 9.53 Å². The Morgan fingerprint density at radius 2 is 1.95 bits per heavy atom. The fourth-order valence-electron chi connectivity index (χ4n) is 1.79. The van der Waals surface area contributed by atoms with E-state index >= 15 is 0 Å². The van der Waals surface area contributed by atoms with E-state index in [0.717, 1.165) is 11.3 Å². The molecule has 0 unspecified atom stereocenters. The van der Waals surface area contributed by atoms with Gasteiger partial charge in [0.15, 0.2) is 0 Å². The topological polar surface area (TPSA) is 38.3 Å². The van der Waals surface area contributed by atoms with Crippen LogP contribution in [0.2, 0.25) is 5.02 Å². The molecule has 104 valence electrons. The summed E-state index contributed by atoms with van der Waals surface area (Å²) in [5.74, 6) is 0.686. The van der Waals surface area contributed by atoms with Crippen LogP contribution >= 0.6 is 11.6 Å². The Kier molecular flexibility index (Phi) is 5.02. The molecule has 2 aromatic rings. The molecule has 4 heteroatoms. The van der Waals surface area contributed by atoms with Crippen LogP contribution < -0.4 is 10.1 Å². The number of hydrogen-bond acceptors (Lipinski definition) is 2. The number of rotatable bonds is 5. The van der Waals surface area contributed by atoms with Gasteiger partial charge in [0.2, 0.25) is 0 Å². The van der Waals surface area contributed by atoms with Crippen LogP contribution in [0.15, 0.2) is 48.5 Å². The molecule has 1 N–H and O–H groups in total. The molecule has 0 aliphatic carbocycles. The molecule has 0 aromatic heterocycles. The number of aryl methyl sites for hydroxylation is 1. The molecule has 0 atom stereocenters. The van der Waals surface area contributed by atoms with E-state index < -0.39 is 0 Å². The zero-order chi connectivity index (χ0) is 14.4.